The van der Waals surface area contributed by atoms with Crippen LogP contribution in [-0.2, 0) is 13.6 Å². The molecule has 0 aromatic carbocycles. The summed E-state index contributed by atoms with van der Waals surface area (Å²) in [6.45, 7) is 9.24. The summed E-state index contributed by atoms with van der Waals surface area (Å²) in [4.78, 5) is 0. The summed E-state index contributed by atoms with van der Waals surface area (Å²) in [6.07, 6.45) is 3.62. The normalized spacial score (nSPS) is 11.8. The fourth-order valence-electron chi connectivity index (χ4n) is 0.551. The first-order valence-corrected chi connectivity index (χ1v) is 5.69. The van der Waals surface area contributed by atoms with Crippen LogP contribution >= 0.6 is 8.60 Å². The minimum atomic E-state index is -1.18. The van der Waals surface area contributed by atoms with Crippen molar-refractivity contribution in [2.75, 3.05) is 13.2 Å². The Kier molecular flexibility index (Phi) is 8.41. The van der Waals surface area contributed by atoms with Crippen molar-refractivity contribution in [3.63, 3.8) is 0 Å². The van der Waals surface area contributed by atoms with Crippen molar-refractivity contribution in [3.8, 4) is 0 Å². The molecule has 0 heterocycles. The molecule has 0 rings (SSSR count). The highest BCUT2D eigenvalue weighted by Crippen LogP contribution is 2.39. The lowest BCUT2D eigenvalue weighted by atomic mass is 10.2. The van der Waals surface area contributed by atoms with Crippen LogP contribution in [0.25, 0.3) is 0 Å². The topological polar surface area (TPSA) is 27.7 Å². The van der Waals surface area contributed by atoms with Crippen molar-refractivity contribution in [1.82, 2.24) is 0 Å². The van der Waals surface area contributed by atoms with Crippen molar-refractivity contribution in [3.05, 3.63) is 12.3 Å². The summed E-state index contributed by atoms with van der Waals surface area (Å²) in [5, 5.41) is 0. The molecule has 0 aromatic rings. The predicted molar refractivity (Wildman–Crippen MR) is 55.2 cm³/mol. The van der Waals surface area contributed by atoms with Crippen LogP contribution in [-0.4, -0.2) is 13.2 Å². The first-order valence-electron chi connectivity index (χ1n) is 4.60. The third-order valence-electron chi connectivity index (χ3n) is 1.08. The molecule has 0 aliphatic carbocycles. The van der Waals surface area contributed by atoms with E-state index in [1.54, 1.807) is 6.26 Å². The second-order valence-corrected chi connectivity index (χ2v) is 3.91. The maximum atomic E-state index is 5.27. The Hall–Kier alpha value is -0.110. The van der Waals surface area contributed by atoms with Crippen LogP contribution in [0.2, 0.25) is 0 Å². The molecule has 0 saturated heterocycles. The number of hydrogen-bond acceptors (Lipinski definition) is 3. The summed E-state index contributed by atoms with van der Waals surface area (Å²) >= 11 is 0. The Bertz CT molecular complexity index is 131. The second kappa shape index (κ2) is 8.49. The predicted octanol–water partition coefficient (Wildman–Crippen LogP) is 3.47. The summed E-state index contributed by atoms with van der Waals surface area (Å²) in [5.74, 6) is 0.486. The molecule has 0 bridgehead atoms. The van der Waals surface area contributed by atoms with Gasteiger partial charge in [-0.2, -0.15) is 0 Å². The van der Waals surface area contributed by atoms with Gasteiger partial charge in [0.2, 0.25) is 0 Å². The van der Waals surface area contributed by atoms with Gasteiger partial charge in [0, 0.05) is 0 Å². The van der Waals surface area contributed by atoms with E-state index >= 15 is 0 Å². The minimum Gasteiger partial charge on any atom is -0.435 e. The van der Waals surface area contributed by atoms with Gasteiger partial charge in [-0.3, -0.25) is 0 Å². The molecule has 0 radical (unpaired) electrons. The molecular formula is C9H19O3P. The van der Waals surface area contributed by atoms with Crippen LogP contribution in [0.15, 0.2) is 12.3 Å². The van der Waals surface area contributed by atoms with Crippen molar-refractivity contribution in [2.45, 2.75) is 27.7 Å². The van der Waals surface area contributed by atoms with Crippen LogP contribution in [0.1, 0.15) is 27.7 Å². The number of allylic oxidation sites excluding steroid dienone is 1. The molecule has 0 aliphatic heterocycles. The smallest absolute Gasteiger partial charge is 0.396 e. The summed E-state index contributed by atoms with van der Waals surface area (Å²) in [5.41, 5.74) is 0. The minimum absolute atomic E-state index is 0.486. The molecule has 0 N–H and O–H groups in total. The Labute approximate surface area is 82.1 Å². The van der Waals surface area contributed by atoms with E-state index < -0.39 is 8.60 Å². The summed E-state index contributed by atoms with van der Waals surface area (Å²) in [6, 6.07) is 0. The van der Waals surface area contributed by atoms with E-state index in [1.165, 1.54) is 0 Å². The van der Waals surface area contributed by atoms with Gasteiger partial charge in [0.05, 0.1) is 19.5 Å². The zero-order valence-electron chi connectivity index (χ0n) is 8.82. The third kappa shape index (κ3) is 8.23. The first-order chi connectivity index (χ1) is 6.20. The van der Waals surface area contributed by atoms with E-state index in [4.69, 9.17) is 13.6 Å². The average molecular weight is 206 g/mol. The molecule has 78 valence electrons. The Balaban J connectivity index is 3.67. The van der Waals surface area contributed by atoms with Crippen LogP contribution in [0.5, 0.6) is 0 Å². The lowest BCUT2D eigenvalue weighted by molar-refractivity contribution is 0.207. The van der Waals surface area contributed by atoms with E-state index in [0.29, 0.717) is 19.1 Å². The van der Waals surface area contributed by atoms with Gasteiger partial charge in [0.15, 0.2) is 0 Å². The van der Waals surface area contributed by atoms with Crippen LogP contribution in [0, 0.1) is 5.92 Å². The maximum Gasteiger partial charge on any atom is 0.396 e. The molecular weight excluding hydrogens is 187 g/mol. The van der Waals surface area contributed by atoms with Gasteiger partial charge >= 0.3 is 8.60 Å². The fourth-order valence-corrected chi connectivity index (χ4v) is 1.34. The second-order valence-electron chi connectivity index (χ2n) is 2.74. The maximum absolute atomic E-state index is 5.27. The van der Waals surface area contributed by atoms with Gasteiger partial charge in [0.25, 0.3) is 0 Å². The van der Waals surface area contributed by atoms with Crippen molar-refractivity contribution < 1.29 is 13.6 Å². The van der Waals surface area contributed by atoms with Crippen LogP contribution in [0.4, 0.5) is 0 Å². The monoisotopic (exact) mass is 206 g/mol. The van der Waals surface area contributed by atoms with Gasteiger partial charge in [-0.25, -0.2) is 0 Å². The Morgan fingerprint density at radius 1 is 1.15 bits per heavy atom. The molecule has 3 nitrogen and oxygen atoms in total. The standard InChI is InChI=1S/C9H19O3P/c1-5-10-13(11-6-2)12-8-7-9(3)4/h7-9H,5-6H2,1-4H3/b8-7+. The Morgan fingerprint density at radius 2 is 1.69 bits per heavy atom. The van der Waals surface area contributed by atoms with E-state index in [-0.39, 0.29) is 0 Å². The summed E-state index contributed by atoms with van der Waals surface area (Å²) < 4.78 is 15.7. The van der Waals surface area contributed by atoms with Crippen LogP contribution in [0.3, 0.4) is 0 Å². The SMILES string of the molecule is CCOP(O/C=C/C(C)C)OCC. The fraction of sp³-hybridized carbons (Fsp3) is 0.778. The lowest BCUT2D eigenvalue weighted by Gasteiger charge is -2.12. The number of hydrogen-bond donors (Lipinski definition) is 0. The van der Waals surface area contributed by atoms with E-state index in [9.17, 15) is 0 Å². The Morgan fingerprint density at radius 3 is 2.08 bits per heavy atom. The van der Waals surface area contributed by atoms with Gasteiger partial charge in [-0.15, -0.1) is 0 Å². The third-order valence-corrected chi connectivity index (χ3v) is 2.31. The van der Waals surface area contributed by atoms with Gasteiger partial charge in [0.1, 0.15) is 0 Å². The van der Waals surface area contributed by atoms with Gasteiger partial charge < -0.3 is 13.6 Å². The molecule has 0 fully saturated rings. The van der Waals surface area contributed by atoms with E-state index in [1.807, 2.05) is 19.9 Å². The molecule has 0 unspecified atom stereocenters. The average Bonchev–Trinajstić information content (AvgIpc) is 2.04. The molecule has 0 aromatic heterocycles. The first kappa shape index (κ1) is 12.9. The lowest BCUT2D eigenvalue weighted by Crippen LogP contribution is -1.91. The molecule has 4 heteroatoms. The highest BCUT2D eigenvalue weighted by molar-refractivity contribution is 7.41. The van der Waals surface area contributed by atoms with Gasteiger partial charge in [-0.1, -0.05) is 13.8 Å². The van der Waals surface area contributed by atoms with Crippen molar-refractivity contribution in [1.29, 1.82) is 0 Å². The zero-order chi connectivity index (χ0) is 10.1. The quantitative estimate of drug-likeness (QED) is 0.471. The van der Waals surface area contributed by atoms with Gasteiger partial charge in [-0.05, 0) is 25.8 Å². The zero-order valence-corrected chi connectivity index (χ0v) is 9.71. The molecule has 13 heavy (non-hydrogen) atoms. The molecule has 0 aliphatic rings. The largest absolute Gasteiger partial charge is 0.435 e. The van der Waals surface area contributed by atoms with E-state index in [2.05, 4.69) is 13.8 Å². The number of rotatable bonds is 7. The van der Waals surface area contributed by atoms with Crippen LogP contribution < -0.4 is 0 Å². The van der Waals surface area contributed by atoms with E-state index in [0.717, 1.165) is 0 Å². The van der Waals surface area contributed by atoms with Crippen molar-refractivity contribution in [2.24, 2.45) is 5.92 Å². The highest BCUT2D eigenvalue weighted by atomic mass is 31.2. The summed E-state index contributed by atoms with van der Waals surface area (Å²) in [7, 11) is -1.18. The molecule has 0 amide bonds. The highest BCUT2D eigenvalue weighted by Gasteiger charge is 2.08. The molecule has 0 saturated carbocycles. The van der Waals surface area contributed by atoms with Crippen molar-refractivity contribution >= 4 is 8.60 Å². The molecule has 0 spiro atoms. The molecule has 0 atom stereocenters.